The fourth-order valence-electron chi connectivity index (χ4n) is 2.35. The highest BCUT2D eigenvalue weighted by molar-refractivity contribution is 9.11. The van der Waals surface area contributed by atoms with Gasteiger partial charge in [0.2, 0.25) is 10.0 Å². The number of thiophene rings is 1. The van der Waals surface area contributed by atoms with E-state index in [1.54, 1.807) is 13.2 Å². The van der Waals surface area contributed by atoms with Crippen LogP contribution in [-0.2, 0) is 21.3 Å². The van der Waals surface area contributed by atoms with Gasteiger partial charge in [-0.05, 0) is 41.8 Å². The van der Waals surface area contributed by atoms with Gasteiger partial charge >= 0.3 is 0 Å². The molecule has 20 heavy (non-hydrogen) atoms. The average Bonchev–Trinajstić information content (AvgIpc) is 2.81. The molecule has 1 aromatic heterocycles. The smallest absolute Gasteiger partial charge is 0.245 e. The van der Waals surface area contributed by atoms with Crippen molar-refractivity contribution in [2.45, 2.75) is 36.8 Å². The molecule has 2 N–H and O–H groups in total. The van der Waals surface area contributed by atoms with Crippen LogP contribution in [0.4, 0.5) is 0 Å². The summed E-state index contributed by atoms with van der Waals surface area (Å²) in [6.45, 7) is 3.20. The van der Waals surface area contributed by atoms with Gasteiger partial charge in [0.15, 0.2) is 0 Å². The third-order valence-corrected chi connectivity index (χ3v) is 7.76. The van der Waals surface area contributed by atoms with E-state index in [1.165, 1.54) is 15.6 Å². The molecular weight excluding hydrogens is 364 g/mol. The highest BCUT2D eigenvalue weighted by Gasteiger charge is 2.38. The first kappa shape index (κ1) is 16.4. The molecule has 0 aromatic carbocycles. The van der Waals surface area contributed by atoms with Crippen LogP contribution in [0.25, 0.3) is 0 Å². The minimum atomic E-state index is -3.50. The molecule has 1 fully saturated rings. The summed E-state index contributed by atoms with van der Waals surface area (Å²) in [4.78, 5) is 1.16. The molecule has 1 aromatic rings. The minimum absolute atomic E-state index is 0.309. The minimum Gasteiger partial charge on any atom is -0.377 e. The van der Waals surface area contributed by atoms with Gasteiger partial charge in [0.25, 0.3) is 0 Å². The van der Waals surface area contributed by atoms with Gasteiger partial charge in [0, 0.05) is 31.6 Å². The van der Waals surface area contributed by atoms with Gasteiger partial charge in [0.1, 0.15) is 4.90 Å². The van der Waals surface area contributed by atoms with Crippen LogP contribution in [0.1, 0.15) is 24.6 Å². The molecule has 2 rings (SSSR count). The van der Waals surface area contributed by atoms with Gasteiger partial charge in [-0.25, -0.2) is 8.42 Å². The van der Waals surface area contributed by atoms with Crippen molar-refractivity contribution >= 4 is 37.3 Å². The van der Waals surface area contributed by atoms with Gasteiger partial charge in [-0.15, -0.1) is 11.3 Å². The van der Waals surface area contributed by atoms with E-state index < -0.39 is 15.6 Å². The molecule has 0 aliphatic carbocycles. The van der Waals surface area contributed by atoms with Crippen molar-refractivity contribution in [3.63, 3.8) is 0 Å². The molecule has 1 aliphatic rings. The van der Waals surface area contributed by atoms with Crippen molar-refractivity contribution in [2.24, 2.45) is 5.73 Å². The summed E-state index contributed by atoms with van der Waals surface area (Å²) in [5, 5.41) is 0. The maximum Gasteiger partial charge on any atom is 0.245 e. The van der Waals surface area contributed by atoms with Crippen molar-refractivity contribution in [1.29, 1.82) is 0 Å². The maximum atomic E-state index is 12.7. The van der Waals surface area contributed by atoms with E-state index in [2.05, 4.69) is 15.9 Å². The number of nitrogens with zero attached hydrogens (tertiary/aromatic N) is 1. The third kappa shape index (κ3) is 3.10. The fourth-order valence-corrected chi connectivity index (χ4v) is 6.45. The second-order valence-electron chi connectivity index (χ2n) is 5.15. The Hall–Kier alpha value is 0.01000. The Bertz CT molecular complexity index is 588. The van der Waals surface area contributed by atoms with Gasteiger partial charge in [-0.2, -0.15) is 4.31 Å². The zero-order chi connectivity index (χ0) is 15.0. The topological polar surface area (TPSA) is 72.6 Å². The second kappa shape index (κ2) is 6.02. The summed E-state index contributed by atoms with van der Waals surface area (Å²) in [6.07, 6.45) is 1.67. The van der Waals surface area contributed by atoms with Gasteiger partial charge < -0.3 is 10.5 Å². The third-order valence-electron chi connectivity index (χ3n) is 3.64. The predicted octanol–water partition coefficient (Wildman–Crippen LogP) is 2.16. The Kier molecular flexibility index (Phi) is 4.93. The average molecular weight is 383 g/mol. The lowest BCUT2D eigenvalue weighted by molar-refractivity contribution is -0.0319. The second-order valence-corrected chi connectivity index (χ2v) is 9.51. The van der Waals surface area contributed by atoms with Crippen LogP contribution in [0.5, 0.6) is 0 Å². The lowest BCUT2D eigenvalue weighted by Crippen LogP contribution is -2.49. The molecule has 0 spiro atoms. The molecular formula is C12H19BrN2O3S2. The van der Waals surface area contributed by atoms with Crippen LogP contribution in [-0.4, -0.2) is 38.5 Å². The van der Waals surface area contributed by atoms with E-state index in [9.17, 15) is 8.42 Å². The zero-order valence-corrected chi connectivity index (χ0v) is 14.8. The van der Waals surface area contributed by atoms with E-state index in [-0.39, 0.29) is 0 Å². The van der Waals surface area contributed by atoms with Crippen LogP contribution in [0.15, 0.2) is 14.7 Å². The van der Waals surface area contributed by atoms with Crippen molar-refractivity contribution in [3.05, 3.63) is 14.7 Å². The van der Waals surface area contributed by atoms with Gasteiger partial charge in [-0.3, -0.25) is 0 Å². The van der Waals surface area contributed by atoms with Crippen LogP contribution >= 0.6 is 27.3 Å². The number of sulfonamides is 1. The first-order valence-electron chi connectivity index (χ1n) is 6.36. The van der Waals surface area contributed by atoms with Crippen molar-refractivity contribution in [3.8, 4) is 0 Å². The summed E-state index contributed by atoms with van der Waals surface area (Å²) in [6, 6.07) is 1.66. The van der Waals surface area contributed by atoms with E-state index in [1.807, 2.05) is 6.92 Å². The molecule has 2 heterocycles. The number of piperidine rings is 1. The van der Waals surface area contributed by atoms with Gasteiger partial charge in [-0.1, -0.05) is 0 Å². The molecule has 1 atom stereocenters. The Morgan fingerprint density at radius 2 is 2.30 bits per heavy atom. The number of methoxy groups -OCH3 is 1. The Balaban J connectivity index is 2.32. The molecule has 8 heteroatoms. The SMILES string of the molecule is COC1(C)CCCN(S(=O)(=O)c2cc(CN)sc2Br)C1. The van der Waals surface area contributed by atoms with Crippen LogP contribution < -0.4 is 5.73 Å². The number of halogens is 1. The van der Waals surface area contributed by atoms with Crippen molar-refractivity contribution < 1.29 is 13.2 Å². The molecule has 1 aliphatic heterocycles. The number of hydrogen-bond acceptors (Lipinski definition) is 5. The number of rotatable bonds is 4. The highest BCUT2D eigenvalue weighted by Crippen LogP contribution is 2.35. The van der Waals surface area contributed by atoms with Gasteiger partial charge in [0.05, 0.1) is 9.39 Å². The van der Waals surface area contributed by atoms with Crippen LogP contribution in [0.2, 0.25) is 0 Å². The number of ether oxygens (including phenoxy) is 1. The summed E-state index contributed by atoms with van der Waals surface area (Å²) in [5.41, 5.74) is 5.17. The largest absolute Gasteiger partial charge is 0.377 e. The van der Waals surface area contributed by atoms with E-state index >= 15 is 0 Å². The van der Waals surface area contributed by atoms with Crippen molar-refractivity contribution in [1.82, 2.24) is 4.31 Å². The molecule has 0 saturated carbocycles. The number of hydrogen-bond donors (Lipinski definition) is 1. The Labute approximate surface area is 132 Å². The van der Waals surface area contributed by atoms with E-state index in [0.717, 1.165) is 17.7 Å². The quantitative estimate of drug-likeness (QED) is 0.865. The molecule has 1 unspecified atom stereocenters. The van der Waals surface area contributed by atoms with E-state index in [4.69, 9.17) is 10.5 Å². The fraction of sp³-hybridized carbons (Fsp3) is 0.667. The lowest BCUT2D eigenvalue weighted by atomic mass is 9.96. The standard InChI is InChI=1S/C12H19BrN2O3S2/c1-12(18-2)4-3-5-15(8-12)20(16,17)10-6-9(7-14)19-11(10)13/h6H,3-5,7-8,14H2,1-2H3. The molecule has 1 saturated heterocycles. The zero-order valence-electron chi connectivity index (χ0n) is 11.6. The summed E-state index contributed by atoms with van der Waals surface area (Å²) >= 11 is 4.70. The molecule has 0 amide bonds. The predicted molar refractivity (Wildman–Crippen MR) is 83.3 cm³/mol. The summed E-state index contributed by atoms with van der Waals surface area (Å²) < 4.78 is 33.1. The maximum absolute atomic E-state index is 12.7. The Morgan fingerprint density at radius 1 is 1.60 bits per heavy atom. The summed E-state index contributed by atoms with van der Waals surface area (Å²) in [7, 11) is -1.87. The van der Waals surface area contributed by atoms with Crippen molar-refractivity contribution in [2.75, 3.05) is 20.2 Å². The molecule has 114 valence electrons. The molecule has 5 nitrogen and oxygen atoms in total. The highest BCUT2D eigenvalue weighted by atomic mass is 79.9. The van der Waals surface area contributed by atoms with E-state index in [0.29, 0.717) is 28.3 Å². The normalized spacial score (nSPS) is 25.0. The first-order chi connectivity index (χ1) is 9.32. The monoisotopic (exact) mass is 382 g/mol. The number of nitrogens with two attached hydrogens (primary N) is 1. The molecule has 0 bridgehead atoms. The van der Waals surface area contributed by atoms with Crippen LogP contribution in [0, 0.1) is 0 Å². The molecule has 0 radical (unpaired) electrons. The Morgan fingerprint density at radius 3 is 2.85 bits per heavy atom. The first-order valence-corrected chi connectivity index (χ1v) is 9.41. The lowest BCUT2D eigenvalue weighted by Gasteiger charge is -2.38. The van der Waals surface area contributed by atoms with Crippen LogP contribution in [0.3, 0.4) is 0 Å². The summed E-state index contributed by atoms with van der Waals surface area (Å²) in [5.74, 6) is 0.